The van der Waals surface area contributed by atoms with E-state index >= 15 is 0 Å². The Labute approximate surface area is 122 Å². The number of rotatable bonds is 4. The van der Waals surface area contributed by atoms with E-state index in [1.165, 1.54) is 6.26 Å². The van der Waals surface area contributed by atoms with Gasteiger partial charge in [-0.2, -0.15) is 0 Å². The van der Waals surface area contributed by atoms with Gasteiger partial charge in [0.25, 0.3) is 5.91 Å². The Balaban J connectivity index is 2.32. The molecule has 112 valence electrons. The van der Waals surface area contributed by atoms with Crippen LogP contribution in [0.3, 0.4) is 0 Å². The molecule has 1 amide bonds. The van der Waals surface area contributed by atoms with Crippen molar-refractivity contribution in [1.29, 1.82) is 0 Å². The number of amides is 1. The van der Waals surface area contributed by atoms with Crippen LogP contribution in [0.2, 0.25) is 0 Å². The lowest BCUT2D eigenvalue weighted by atomic mass is 9.74. The number of fused-ring (bicyclic) bond motifs is 1. The number of furan rings is 1. The van der Waals surface area contributed by atoms with Crippen LogP contribution in [0.25, 0.3) is 11.0 Å². The van der Waals surface area contributed by atoms with E-state index in [1.807, 2.05) is 12.1 Å². The monoisotopic (exact) mass is 289 g/mol. The molecule has 2 aromatic rings. The highest BCUT2D eigenvalue weighted by molar-refractivity contribution is 6.06. The largest absolute Gasteiger partial charge is 0.481 e. The van der Waals surface area contributed by atoms with E-state index in [0.29, 0.717) is 16.5 Å². The molecule has 0 atom stereocenters. The van der Waals surface area contributed by atoms with Gasteiger partial charge in [-0.05, 0) is 33.8 Å². The van der Waals surface area contributed by atoms with Gasteiger partial charge in [-0.1, -0.05) is 18.2 Å². The summed E-state index contributed by atoms with van der Waals surface area (Å²) >= 11 is 0. The molecule has 0 unspecified atom stereocenters. The van der Waals surface area contributed by atoms with E-state index in [-0.39, 0.29) is 5.91 Å². The molecule has 0 aliphatic heterocycles. The summed E-state index contributed by atoms with van der Waals surface area (Å²) in [5.74, 6) is -1.32. The minimum atomic E-state index is -1.11. The van der Waals surface area contributed by atoms with E-state index in [0.717, 1.165) is 0 Å². The minimum absolute atomic E-state index is 0.348. The lowest BCUT2D eigenvalue weighted by Crippen LogP contribution is -2.56. The van der Waals surface area contributed by atoms with Gasteiger partial charge < -0.3 is 14.8 Å². The first-order valence-corrected chi connectivity index (χ1v) is 6.69. The molecule has 2 N–H and O–H groups in total. The number of carbonyl (C=O) groups is 2. The number of para-hydroxylation sites is 1. The molecule has 0 bridgehead atoms. The van der Waals surface area contributed by atoms with Crippen LogP contribution in [-0.2, 0) is 4.79 Å². The molecular weight excluding hydrogens is 270 g/mol. The maximum absolute atomic E-state index is 12.4. The third kappa shape index (κ3) is 2.51. The van der Waals surface area contributed by atoms with Crippen LogP contribution in [0, 0.1) is 5.41 Å². The first-order valence-electron chi connectivity index (χ1n) is 6.69. The van der Waals surface area contributed by atoms with Gasteiger partial charge >= 0.3 is 5.97 Å². The number of carboxylic acids is 1. The van der Waals surface area contributed by atoms with Gasteiger partial charge in [0.05, 0.1) is 16.5 Å². The highest BCUT2D eigenvalue weighted by Crippen LogP contribution is 2.31. The zero-order valence-electron chi connectivity index (χ0n) is 12.6. The summed E-state index contributed by atoms with van der Waals surface area (Å²) in [7, 11) is 0. The topological polar surface area (TPSA) is 79.5 Å². The quantitative estimate of drug-likeness (QED) is 0.906. The summed E-state index contributed by atoms with van der Waals surface area (Å²) in [6.45, 7) is 6.56. The number of benzene rings is 1. The van der Waals surface area contributed by atoms with Crippen molar-refractivity contribution in [3.05, 3.63) is 36.1 Å². The predicted octanol–water partition coefficient (Wildman–Crippen LogP) is 3.05. The average Bonchev–Trinajstić information content (AvgIpc) is 2.81. The Morgan fingerprint density at radius 3 is 2.38 bits per heavy atom. The van der Waals surface area contributed by atoms with Crippen LogP contribution in [0.15, 0.2) is 34.9 Å². The Hall–Kier alpha value is -2.30. The molecule has 1 aromatic heterocycles. The first-order chi connectivity index (χ1) is 9.67. The predicted molar refractivity (Wildman–Crippen MR) is 79.2 cm³/mol. The fourth-order valence-electron chi connectivity index (χ4n) is 1.93. The highest BCUT2D eigenvalue weighted by Gasteiger charge is 2.44. The third-order valence-electron chi connectivity index (χ3n) is 4.25. The van der Waals surface area contributed by atoms with Crippen molar-refractivity contribution in [2.24, 2.45) is 5.41 Å². The van der Waals surface area contributed by atoms with Crippen LogP contribution >= 0.6 is 0 Å². The second-order valence-electron chi connectivity index (χ2n) is 6.15. The summed E-state index contributed by atoms with van der Waals surface area (Å²) in [5.41, 5.74) is -1.01. The average molecular weight is 289 g/mol. The molecule has 1 heterocycles. The number of carboxylic acid groups (broad SMARTS) is 1. The van der Waals surface area contributed by atoms with Gasteiger partial charge in [0.15, 0.2) is 0 Å². The molecule has 21 heavy (non-hydrogen) atoms. The maximum Gasteiger partial charge on any atom is 0.311 e. The standard InChI is InChI=1S/C16H19NO4/c1-15(2,14(19)20)16(3,4)17-13(18)11-9-21-12-8-6-5-7-10(11)12/h5-9H,1-4H3,(H,17,18)(H,19,20). The Bertz CT molecular complexity index is 697. The number of hydrogen-bond donors (Lipinski definition) is 2. The number of hydrogen-bond acceptors (Lipinski definition) is 3. The van der Waals surface area contributed by atoms with Crippen LogP contribution in [-0.4, -0.2) is 22.5 Å². The summed E-state index contributed by atoms with van der Waals surface area (Å²) in [6, 6.07) is 7.22. The van der Waals surface area contributed by atoms with Crippen molar-refractivity contribution in [1.82, 2.24) is 5.32 Å². The van der Waals surface area contributed by atoms with Crippen molar-refractivity contribution in [2.75, 3.05) is 0 Å². The Kier molecular flexibility index (Phi) is 3.53. The smallest absolute Gasteiger partial charge is 0.311 e. The molecule has 5 nitrogen and oxygen atoms in total. The molecule has 0 fully saturated rings. The van der Waals surface area contributed by atoms with E-state index in [2.05, 4.69) is 5.32 Å². The van der Waals surface area contributed by atoms with Crippen molar-refractivity contribution in [3.63, 3.8) is 0 Å². The third-order valence-corrected chi connectivity index (χ3v) is 4.25. The molecular formula is C16H19NO4. The van der Waals surface area contributed by atoms with E-state index in [9.17, 15) is 14.7 Å². The van der Waals surface area contributed by atoms with Crippen molar-refractivity contribution in [3.8, 4) is 0 Å². The fourth-order valence-corrected chi connectivity index (χ4v) is 1.93. The van der Waals surface area contributed by atoms with Crippen LogP contribution in [0.5, 0.6) is 0 Å². The molecule has 0 aliphatic rings. The minimum Gasteiger partial charge on any atom is -0.481 e. The molecule has 0 saturated carbocycles. The van der Waals surface area contributed by atoms with Crippen molar-refractivity contribution >= 4 is 22.8 Å². The van der Waals surface area contributed by atoms with E-state index in [4.69, 9.17) is 4.42 Å². The van der Waals surface area contributed by atoms with E-state index < -0.39 is 16.9 Å². The molecule has 5 heteroatoms. The number of carbonyl (C=O) groups excluding carboxylic acids is 1. The summed E-state index contributed by atoms with van der Waals surface area (Å²) < 4.78 is 5.34. The van der Waals surface area contributed by atoms with Crippen LogP contribution in [0.1, 0.15) is 38.1 Å². The number of aliphatic carboxylic acids is 1. The fraction of sp³-hybridized carbons (Fsp3) is 0.375. The van der Waals surface area contributed by atoms with Gasteiger partial charge in [-0.25, -0.2) is 0 Å². The van der Waals surface area contributed by atoms with Gasteiger partial charge in [0.1, 0.15) is 11.8 Å². The lowest BCUT2D eigenvalue weighted by molar-refractivity contribution is -0.150. The summed E-state index contributed by atoms with van der Waals surface area (Å²) in [4.78, 5) is 23.8. The normalized spacial score (nSPS) is 12.4. The molecule has 2 rings (SSSR count). The second kappa shape index (κ2) is 4.91. The van der Waals surface area contributed by atoms with Gasteiger partial charge in [-0.3, -0.25) is 9.59 Å². The molecule has 0 spiro atoms. The Morgan fingerprint density at radius 2 is 1.76 bits per heavy atom. The zero-order valence-corrected chi connectivity index (χ0v) is 12.6. The number of nitrogens with one attached hydrogen (secondary N) is 1. The van der Waals surface area contributed by atoms with Crippen molar-refractivity contribution in [2.45, 2.75) is 33.2 Å². The molecule has 0 saturated heterocycles. The Morgan fingerprint density at radius 1 is 1.14 bits per heavy atom. The molecule has 0 aliphatic carbocycles. The second-order valence-corrected chi connectivity index (χ2v) is 6.15. The van der Waals surface area contributed by atoms with E-state index in [1.54, 1.807) is 39.8 Å². The highest BCUT2D eigenvalue weighted by atomic mass is 16.4. The SMILES string of the molecule is CC(C)(NC(=O)c1coc2ccccc12)C(C)(C)C(=O)O. The molecule has 0 radical (unpaired) electrons. The van der Waals surface area contributed by atoms with Crippen LogP contribution in [0.4, 0.5) is 0 Å². The maximum atomic E-state index is 12.4. The van der Waals surface area contributed by atoms with Crippen molar-refractivity contribution < 1.29 is 19.1 Å². The summed E-state index contributed by atoms with van der Waals surface area (Å²) in [6.07, 6.45) is 1.39. The van der Waals surface area contributed by atoms with Crippen LogP contribution < -0.4 is 5.32 Å². The van der Waals surface area contributed by atoms with Gasteiger partial charge in [0, 0.05) is 5.39 Å². The zero-order chi connectivity index (χ0) is 15.8. The summed E-state index contributed by atoms with van der Waals surface area (Å²) in [5, 5.41) is 12.8. The van der Waals surface area contributed by atoms with Gasteiger partial charge in [0.2, 0.25) is 0 Å². The first kappa shape index (κ1) is 15.1. The molecule has 1 aromatic carbocycles. The lowest BCUT2D eigenvalue weighted by Gasteiger charge is -2.38. The van der Waals surface area contributed by atoms with Gasteiger partial charge in [-0.15, -0.1) is 0 Å².